The van der Waals surface area contributed by atoms with Crippen LogP contribution in [0.4, 0.5) is 5.82 Å². The average Bonchev–Trinajstić information content (AvgIpc) is 3.21. The fraction of sp³-hybridized carbons (Fsp3) is 0.154. The molecule has 4 nitrogen and oxygen atoms in total. The first-order chi connectivity index (χ1) is 14.7. The van der Waals surface area contributed by atoms with Crippen molar-refractivity contribution in [3.05, 3.63) is 102 Å². The molecule has 0 saturated carbocycles. The van der Waals surface area contributed by atoms with E-state index in [1.807, 2.05) is 83.8 Å². The maximum Gasteiger partial charge on any atom is 0.240 e. The number of amides is 1. The standard InChI is InChI=1S/C26H22N2O2/c1-30-22-13-12-20-16-21-14-15-28(25(21)27-23(20)17-22)26(29)24(18-8-4-2-5-9-18)19-10-6-3-7-11-19/h2-13,16-17,24H,14-15H2,1H3. The average molecular weight is 394 g/mol. The second-order valence-corrected chi connectivity index (χ2v) is 7.52. The van der Waals surface area contributed by atoms with Crippen LogP contribution >= 0.6 is 0 Å². The molecule has 0 unspecified atom stereocenters. The van der Waals surface area contributed by atoms with Crippen LogP contribution in [-0.2, 0) is 11.2 Å². The Bertz CT molecular complexity index is 1170. The summed E-state index contributed by atoms with van der Waals surface area (Å²) in [5.41, 5.74) is 3.93. The molecule has 5 rings (SSSR count). The van der Waals surface area contributed by atoms with E-state index in [4.69, 9.17) is 9.72 Å². The van der Waals surface area contributed by atoms with Crippen molar-refractivity contribution < 1.29 is 9.53 Å². The van der Waals surface area contributed by atoms with Crippen molar-refractivity contribution in [2.45, 2.75) is 12.3 Å². The van der Waals surface area contributed by atoms with Crippen LogP contribution in [0.1, 0.15) is 22.6 Å². The Morgan fingerprint density at radius 1 is 0.933 bits per heavy atom. The zero-order chi connectivity index (χ0) is 20.5. The molecule has 0 saturated heterocycles. The van der Waals surface area contributed by atoms with E-state index in [1.165, 1.54) is 0 Å². The number of carbonyl (C=O) groups excluding carboxylic acids is 1. The summed E-state index contributed by atoms with van der Waals surface area (Å²) in [5.74, 6) is 1.22. The number of ether oxygens (including phenoxy) is 1. The summed E-state index contributed by atoms with van der Waals surface area (Å²) in [6, 6.07) is 28.0. The number of hydrogen-bond donors (Lipinski definition) is 0. The van der Waals surface area contributed by atoms with E-state index in [-0.39, 0.29) is 11.8 Å². The van der Waals surface area contributed by atoms with Gasteiger partial charge in [0, 0.05) is 18.0 Å². The van der Waals surface area contributed by atoms with Crippen LogP contribution in [0.5, 0.6) is 5.75 Å². The van der Waals surface area contributed by atoms with E-state index in [9.17, 15) is 4.79 Å². The Kier molecular flexibility index (Phi) is 4.68. The van der Waals surface area contributed by atoms with Gasteiger partial charge in [0.05, 0.1) is 18.5 Å². The molecule has 2 heterocycles. The minimum absolute atomic E-state index is 0.0564. The largest absolute Gasteiger partial charge is 0.497 e. The number of carbonyl (C=O) groups is 1. The number of aromatic nitrogens is 1. The molecule has 4 heteroatoms. The number of benzene rings is 3. The lowest BCUT2D eigenvalue weighted by Crippen LogP contribution is -2.34. The topological polar surface area (TPSA) is 42.4 Å². The predicted octanol–water partition coefficient (Wildman–Crippen LogP) is 4.96. The van der Waals surface area contributed by atoms with E-state index in [1.54, 1.807) is 7.11 Å². The number of rotatable bonds is 4. The molecular formula is C26H22N2O2. The SMILES string of the molecule is COc1ccc2cc3c(nc2c1)N(C(=O)C(c1ccccc1)c1ccccc1)CC3. The molecule has 3 aromatic carbocycles. The maximum absolute atomic E-state index is 13.8. The smallest absolute Gasteiger partial charge is 0.240 e. The van der Waals surface area contributed by atoms with Crippen molar-refractivity contribution in [1.82, 2.24) is 4.98 Å². The minimum Gasteiger partial charge on any atom is -0.497 e. The van der Waals surface area contributed by atoms with Gasteiger partial charge in [0.2, 0.25) is 5.91 Å². The summed E-state index contributed by atoms with van der Waals surface area (Å²) in [6.45, 7) is 0.644. The van der Waals surface area contributed by atoms with Gasteiger partial charge in [0.15, 0.2) is 0 Å². The molecular weight excluding hydrogens is 372 g/mol. The van der Waals surface area contributed by atoms with Gasteiger partial charge in [-0.05, 0) is 41.3 Å². The van der Waals surface area contributed by atoms with Gasteiger partial charge in [-0.3, -0.25) is 9.69 Å². The van der Waals surface area contributed by atoms with Crippen molar-refractivity contribution in [2.75, 3.05) is 18.6 Å². The molecule has 1 aliphatic rings. The van der Waals surface area contributed by atoms with Gasteiger partial charge in [0.25, 0.3) is 0 Å². The number of anilines is 1. The lowest BCUT2D eigenvalue weighted by atomic mass is 9.90. The molecule has 148 valence electrons. The van der Waals surface area contributed by atoms with E-state index < -0.39 is 0 Å². The molecule has 0 atom stereocenters. The van der Waals surface area contributed by atoms with Crippen LogP contribution in [0.25, 0.3) is 10.9 Å². The summed E-state index contributed by atoms with van der Waals surface area (Å²) in [6.07, 6.45) is 0.812. The molecule has 0 fully saturated rings. The monoisotopic (exact) mass is 394 g/mol. The highest BCUT2D eigenvalue weighted by Crippen LogP contribution is 2.35. The Hall–Kier alpha value is -3.66. The normalized spacial score (nSPS) is 12.9. The minimum atomic E-state index is -0.360. The quantitative estimate of drug-likeness (QED) is 0.491. The van der Waals surface area contributed by atoms with E-state index in [2.05, 4.69) is 6.07 Å². The fourth-order valence-electron chi connectivity index (χ4n) is 4.20. The molecule has 0 spiro atoms. The first-order valence-corrected chi connectivity index (χ1v) is 10.1. The van der Waals surface area contributed by atoms with Crippen molar-refractivity contribution in [1.29, 1.82) is 0 Å². The van der Waals surface area contributed by atoms with Crippen molar-refractivity contribution in [3.63, 3.8) is 0 Å². The summed E-state index contributed by atoms with van der Waals surface area (Å²) in [5, 5.41) is 1.06. The second-order valence-electron chi connectivity index (χ2n) is 7.52. The summed E-state index contributed by atoms with van der Waals surface area (Å²) >= 11 is 0. The number of hydrogen-bond acceptors (Lipinski definition) is 3. The molecule has 1 amide bonds. The first-order valence-electron chi connectivity index (χ1n) is 10.1. The summed E-state index contributed by atoms with van der Waals surface area (Å²) < 4.78 is 5.35. The molecule has 0 bridgehead atoms. The molecule has 1 aromatic heterocycles. The zero-order valence-corrected chi connectivity index (χ0v) is 16.8. The number of fused-ring (bicyclic) bond motifs is 2. The van der Waals surface area contributed by atoms with Crippen LogP contribution in [0.3, 0.4) is 0 Å². The van der Waals surface area contributed by atoms with Gasteiger partial charge in [-0.25, -0.2) is 4.98 Å². The van der Waals surface area contributed by atoms with Crippen LogP contribution < -0.4 is 9.64 Å². The van der Waals surface area contributed by atoms with Crippen LogP contribution in [-0.4, -0.2) is 24.5 Å². The second kappa shape index (κ2) is 7.64. The van der Waals surface area contributed by atoms with Crippen molar-refractivity contribution in [2.24, 2.45) is 0 Å². The van der Waals surface area contributed by atoms with Crippen LogP contribution in [0.2, 0.25) is 0 Å². The summed E-state index contributed by atoms with van der Waals surface area (Å²) in [7, 11) is 1.65. The molecule has 30 heavy (non-hydrogen) atoms. The Labute approximate surface area is 175 Å². The highest BCUT2D eigenvalue weighted by Gasteiger charge is 2.33. The number of nitrogens with zero attached hydrogens (tertiary/aromatic N) is 2. The van der Waals surface area contributed by atoms with Gasteiger partial charge in [-0.15, -0.1) is 0 Å². The van der Waals surface area contributed by atoms with Crippen LogP contribution in [0.15, 0.2) is 84.9 Å². The van der Waals surface area contributed by atoms with E-state index >= 15 is 0 Å². The van der Waals surface area contributed by atoms with Gasteiger partial charge in [-0.2, -0.15) is 0 Å². The third-order valence-electron chi connectivity index (χ3n) is 5.72. The van der Waals surface area contributed by atoms with Gasteiger partial charge >= 0.3 is 0 Å². The molecule has 0 N–H and O–H groups in total. The number of methoxy groups -OCH3 is 1. The van der Waals surface area contributed by atoms with Crippen molar-refractivity contribution >= 4 is 22.6 Å². The molecule has 1 aliphatic heterocycles. The third kappa shape index (κ3) is 3.20. The lowest BCUT2D eigenvalue weighted by Gasteiger charge is -2.24. The van der Waals surface area contributed by atoms with Crippen molar-refractivity contribution in [3.8, 4) is 5.75 Å². The highest BCUT2D eigenvalue weighted by molar-refractivity contribution is 6.02. The predicted molar refractivity (Wildman–Crippen MR) is 119 cm³/mol. The number of pyridine rings is 1. The Balaban J connectivity index is 1.58. The highest BCUT2D eigenvalue weighted by atomic mass is 16.5. The molecule has 0 radical (unpaired) electrons. The van der Waals surface area contributed by atoms with Gasteiger partial charge in [-0.1, -0.05) is 60.7 Å². The Morgan fingerprint density at radius 2 is 1.60 bits per heavy atom. The van der Waals surface area contributed by atoms with Gasteiger partial charge < -0.3 is 4.74 Å². The van der Waals surface area contributed by atoms with E-state index in [0.29, 0.717) is 6.54 Å². The van der Waals surface area contributed by atoms with E-state index in [0.717, 1.165) is 45.6 Å². The van der Waals surface area contributed by atoms with Crippen LogP contribution in [0, 0.1) is 0 Å². The maximum atomic E-state index is 13.8. The fourth-order valence-corrected chi connectivity index (χ4v) is 4.20. The Morgan fingerprint density at radius 3 is 2.23 bits per heavy atom. The first kappa shape index (κ1) is 18.4. The third-order valence-corrected chi connectivity index (χ3v) is 5.72. The van der Waals surface area contributed by atoms with Gasteiger partial charge in [0.1, 0.15) is 11.6 Å². The molecule has 0 aliphatic carbocycles. The summed E-state index contributed by atoms with van der Waals surface area (Å²) in [4.78, 5) is 20.5. The lowest BCUT2D eigenvalue weighted by molar-refractivity contribution is -0.119. The molecule has 4 aromatic rings. The zero-order valence-electron chi connectivity index (χ0n) is 16.8.